The number of nitrogens with one attached hydrogen (secondary N) is 1. The predicted molar refractivity (Wildman–Crippen MR) is 108 cm³/mol. The molecule has 1 N–H and O–H groups in total. The Morgan fingerprint density at radius 1 is 1.07 bits per heavy atom. The summed E-state index contributed by atoms with van der Waals surface area (Å²) >= 11 is 0. The lowest BCUT2D eigenvalue weighted by Crippen LogP contribution is -2.36. The van der Waals surface area contributed by atoms with E-state index in [1.807, 2.05) is 96.7 Å². The molecule has 0 aliphatic rings. The van der Waals surface area contributed by atoms with Crippen LogP contribution in [-0.4, -0.2) is 47.8 Å². The van der Waals surface area contributed by atoms with Crippen LogP contribution in [0.3, 0.4) is 0 Å². The zero-order chi connectivity index (χ0) is 19.1. The molecule has 1 atom stereocenters. The maximum absolute atomic E-state index is 12.7. The number of benzene rings is 2. The van der Waals surface area contributed by atoms with Crippen LogP contribution in [0.25, 0.3) is 5.69 Å². The van der Waals surface area contributed by atoms with Gasteiger partial charge in [-0.15, -0.1) is 0 Å². The standard InChI is InChI=1S/C22H26N4O/c1-25(2)17-21(19-9-5-3-6-10-19)22(27)23-14-13-18-15-24-26(16-18)20-11-7-4-8-12-20/h3-12,15-16,21H,13-14,17H2,1-2H3,(H,23,27)/t21-/m0/s1. The smallest absolute Gasteiger partial charge is 0.228 e. The number of likely N-dealkylation sites (N-methyl/N-ethyl adjacent to an activating group) is 1. The number of rotatable bonds is 8. The summed E-state index contributed by atoms with van der Waals surface area (Å²) in [7, 11) is 3.97. The average molecular weight is 362 g/mol. The number of aromatic nitrogens is 2. The van der Waals surface area contributed by atoms with Gasteiger partial charge in [0.05, 0.1) is 17.8 Å². The molecule has 0 fully saturated rings. The summed E-state index contributed by atoms with van der Waals surface area (Å²) in [6.45, 7) is 1.28. The van der Waals surface area contributed by atoms with Gasteiger partial charge in [-0.1, -0.05) is 48.5 Å². The first-order valence-electron chi connectivity index (χ1n) is 9.20. The van der Waals surface area contributed by atoms with E-state index in [0.29, 0.717) is 13.1 Å². The molecule has 0 bridgehead atoms. The van der Waals surface area contributed by atoms with Gasteiger partial charge in [0, 0.05) is 19.3 Å². The van der Waals surface area contributed by atoms with Gasteiger partial charge in [0.1, 0.15) is 0 Å². The monoisotopic (exact) mass is 362 g/mol. The molecule has 1 amide bonds. The summed E-state index contributed by atoms with van der Waals surface area (Å²) in [5, 5.41) is 7.49. The van der Waals surface area contributed by atoms with E-state index in [-0.39, 0.29) is 11.8 Å². The van der Waals surface area contributed by atoms with Gasteiger partial charge in [0.25, 0.3) is 0 Å². The number of nitrogens with zero attached hydrogens (tertiary/aromatic N) is 3. The Morgan fingerprint density at radius 2 is 1.74 bits per heavy atom. The lowest BCUT2D eigenvalue weighted by atomic mass is 9.97. The summed E-state index contributed by atoms with van der Waals surface area (Å²) < 4.78 is 1.86. The molecule has 5 nitrogen and oxygen atoms in total. The first-order valence-corrected chi connectivity index (χ1v) is 9.20. The van der Waals surface area contributed by atoms with Crippen LogP contribution in [0.15, 0.2) is 73.1 Å². The minimum Gasteiger partial charge on any atom is -0.355 e. The average Bonchev–Trinajstić information content (AvgIpc) is 3.16. The molecular weight excluding hydrogens is 336 g/mol. The van der Waals surface area contributed by atoms with E-state index in [1.54, 1.807) is 0 Å². The van der Waals surface area contributed by atoms with E-state index in [0.717, 1.165) is 23.2 Å². The fraction of sp³-hybridized carbons (Fsp3) is 0.273. The van der Waals surface area contributed by atoms with E-state index < -0.39 is 0 Å². The van der Waals surface area contributed by atoms with Crippen LogP contribution in [0.5, 0.6) is 0 Å². The molecule has 140 valence electrons. The van der Waals surface area contributed by atoms with Gasteiger partial charge in [0.15, 0.2) is 0 Å². The van der Waals surface area contributed by atoms with Crippen molar-refractivity contribution >= 4 is 5.91 Å². The second kappa shape index (κ2) is 9.14. The summed E-state index contributed by atoms with van der Waals surface area (Å²) in [5.41, 5.74) is 3.17. The van der Waals surface area contributed by atoms with Gasteiger partial charge < -0.3 is 10.2 Å². The van der Waals surface area contributed by atoms with Crippen LogP contribution in [0.1, 0.15) is 17.0 Å². The molecule has 27 heavy (non-hydrogen) atoms. The summed E-state index contributed by atoms with van der Waals surface area (Å²) in [5.74, 6) is -0.112. The van der Waals surface area contributed by atoms with Gasteiger partial charge in [-0.2, -0.15) is 5.10 Å². The number of hydrogen-bond acceptors (Lipinski definition) is 3. The van der Waals surface area contributed by atoms with Crippen molar-refractivity contribution in [2.45, 2.75) is 12.3 Å². The van der Waals surface area contributed by atoms with Crippen molar-refractivity contribution in [1.82, 2.24) is 20.0 Å². The number of amides is 1. The van der Waals surface area contributed by atoms with Crippen molar-refractivity contribution in [2.24, 2.45) is 0 Å². The molecule has 3 aromatic rings. The molecule has 0 aliphatic heterocycles. The van der Waals surface area contributed by atoms with E-state index in [4.69, 9.17) is 0 Å². The van der Waals surface area contributed by atoms with Gasteiger partial charge in [0.2, 0.25) is 5.91 Å². The summed E-state index contributed by atoms with van der Waals surface area (Å²) in [6.07, 6.45) is 4.62. The summed E-state index contributed by atoms with van der Waals surface area (Å²) in [4.78, 5) is 14.8. The number of para-hydroxylation sites is 1. The normalized spacial score (nSPS) is 12.1. The molecular formula is C22H26N4O. The zero-order valence-corrected chi connectivity index (χ0v) is 15.9. The van der Waals surface area contributed by atoms with Crippen LogP contribution in [0.4, 0.5) is 0 Å². The minimum atomic E-state index is -0.173. The topological polar surface area (TPSA) is 50.2 Å². The largest absolute Gasteiger partial charge is 0.355 e. The van der Waals surface area contributed by atoms with Crippen molar-refractivity contribution in [2.75, 3.05) is 27.2 Å². The molecule has 0 saturated heterocycles. The predicted octanol–water partition coefficient (Wildman–Crippen LogP) is 2.88. The fourth-order valence-electron chi connectivity index (χ4n) is 3.05. The Balaban J connectivity index is 1.57. The summed E-state index contributed by atoms with van der Waals surface area (Å²) in [6, 6.07) is 20.0. The first kappa shape index (κ1) is 18.9. The van der Waals surface area contributed by atoms with Crippen LogP contribution in [0.2, 0.25) is 0 Å². The molecule has 0 unspecified atom stereocenters. The van der Waals surface area contributed by atoms with Crippen molar-refractivity contribution in [3.63, 3.8) is 0 Å². The second-order valence-corrected chi connectivity index (χ2v) is 6.90. The van der Waals surface area contributed by atoms with Gasteiger partial charge in [-0.25, -0.2) is 4.68 Å². The van der Waals surface area contributed by atoms with Crippen LogP contribution in [-0.2, 0) is 11.2 Å². The third kappa shape index (κ3) is 5.28. The number of carbonyl (C=O) groups is 1. The van der Waals surface area contributed by atoms with Gasteiger partial charge >= 0.3 is 0 Å². The van der Waals surface area contributed by atoms with Crippen LogP contribution >= 0.6 is 0 Å². The third-order valence-corrected chi connectivity index (χ3v) is 4.44. The van der Waals surface area contributed by atoms with Crippen molar-refractivity contribution in [3.05, 3.63) is 84.2 Å². The molecule has 5 heteroatoms. The molecule has 1 heterocycles. The SMILES string of the molecule is CN(C)C[C@H](C(=O)NCCc1cnn(-c2ccccc2)c1)c1ccccc1. The van der Waals surface area contributed by atoms with Crippen molar-refractivity contribution in [3.8, 4) is 5.69 Å². The van der Waals surface area contributed by atoms with Crippen molar-refractivity contribution in [1.29, 1.82) is 0 Å². The highest BCUT2D eigenvalue weighted by Crippen LogP contribution is 2.16. The molecule has 1 aromatic heterocycles. The Hall–Kier alpha value is -2.92. The highest BCUT2D eigenvalue weighted by molar-refractivity contribution is 5.83. The maximum atomic E-state index is 12.7. The van der Waals surface area contributed by atoms with E-state index in [9.17, 15) is 4.79 Å². The third-order valence-electron chi connectivity index (χ3n) is 4.44. The Kier molecular flexibility index (Phi) is 6.39. The Labute approximate surface area is 160 Å². The zero-order valence-electron chi connectivity index (χ0n) is 15.9. The maximum Gasteiger partial charge on any atom is 0.228 e. The number of carbonyl (C=O) groups excluding carboxylic acids is 1. The van der Waals surface area contributed by atoms with E-state index in [2.05, 4.69) is 10.4 Å². The molecule has 0 spiro atoms. The highest BCUT2D eigenvalue weighted by atomic mass is 16.1. The molecule has 0 aliphatic carbocycles. The lowest BCUT2D eigenvalue weighted by molar-refractivity contribution is -0.122. The Morgan fingerprint density at radius 3 is 2.41 bits per heavy atom. The fourth-order valence-corrected chi connectivity index (χ4v) is 3.05. The second-order valence-electron chi connectivity index (χ2n) is 6.90. The quantitative estimate of drug-likeness (QED) is 0.670. The number of hydrogen-bond donors (Lipinski definition) is 1. The highest BCUT2D eigenvalue weighted by Gasteiger charge is 2.20. The van der Waals surface area contributed by atoms with Gasteiger partial charge in [-0.3, -0.25) is 4.79 Å². The Bertz CT molecular complexity index is 843. The van der Waals surface area contributed by atoms with E-state index in [1.165, 1.54) is 0 Å². The van der Waals surface area contributed by atoms with Crippen molar-refractivity contribution < 1.29 is 4.79 Å². The first-order chi connectivity index (χ1) is 13.1. The van der Waals surface area contributed by atoms with Crippen LogP contribution < -0.4 is 5.32 Å². The molecule has 0 saturated carbocycles. The molecule has 3 rings (SSSR count). The molecule has 0 radical (unpaired) electrons. The van der Waals surface area contributed by atoms with Gasteiger partial charge in [-0.05, 0) is 43.8 Å². The lowest BCUT2D eigenvalue weighted by Gasteiger charge is -2.21. The minimum absolute atomic E-state index is 0.0605. The molecule has 2 aromatic carbocycles. The van der Waals surface area contributed by atoms with E-state index >= 15 is 0 Å². The van der Waals surface area contributed by atoms with Crippen LogP contribution in [0, 0.1) is 0 Å².